The lowest BCUT2D eigenvalue weighted by Gasteiger charge is -2.15. The number of benzene rings is 9. The molecule has 9 aromatic carbocycles. The lowest BCUT2D eigenvalue weighted by molar-refractivity contribution is 1.18. The number of para-hydroxylation sites is 3. The van der Waals surface area contributed by atoms with E-state index in [1.165, 1.54) is 109 Å². The van der Waals surface area contributed by atoms with Crippen molar-refractivity contribution >= 4 is 92.2 Å². The van der Waals surface area contributed by atoms with Gasteiger partial charge in [0, 0.05) is 43.4 Å². The highest BCUT2D eigenvalue weighted by Crippen LogP contribution is 2.50. The number of aromatic nitrogens is 2. The highest BCUT2D eigenvalue weighted by molar-refractivity contribution is 6.42. The van der Waals surface area contributed by atoms with E-state index in [1.807, 2.05) is 0 Å². The number of rotatable bonds is 2. The van der Waals surface area contributed by atoms with Gasteiger partial charge >= 0.3 is 0 Å². The first-order valence-corrected chi connectivity index (χ1v) is 16.7. The second-order valence-electron chi connectivity index (χ2n) is 13.2. The number of hydrogen-bond donors (Lipinski definition) is 0. The molecular weight excluding hydrogens is 581 g/mol. The molecule has 2 nitrogen and oxygen atoms in total. The van der Waals surface area contributed by atoms with Gasteiger partial charge in [0.25, 0.3) is 0 Å². The van der Waals surface area contributed by atoms with Crippen molar-refractivity contribution in [1.29, 1.82) is 0 Å². The molecule has 0 saturated carbocycles. The summed E-state index contributed by atoms with van der Waals surface area (Å²) >= 11 is 0. The van der Waals surface area contributed by atoms with Crippen molar-refractivity contribution in [3.05, 3.63) is 158 Å². The molecule has 0 atom stereocenters. The molecule has 0 amide bonds. The number of hydrogen-bond acceptors (Lipinski definition) is 0. The minimum absolute atomic E-state index is 1.18. The van der Waals surface area contributed by atoms with Crippen LogP contribution in [0.15, 0.2) is 158 Å². The van der Waals surface area contributed by atoms with Crippen LogP contribution in [0.2, 0.25) is 0 Å². The summed E-state index contributed by atoms with van der Waals surface area (Å²) in [5.41, 5.74) is 10.0. The predicted octanol–water partition coefficient (Wildman–Crippen LogP) is 12.5. The Bertz CT molecular complexity index is 3270. The SMILES string of the molecule is c1ccc(-n2c3ccccc3c3cc(-c4cccc5c4cc4c6c5c5ccccc5c5ccc7c8ccccc8n4c7c56)ccc32)cc1. The molecule has 0 radical (unpaired) electrons. The van der Waals surface area contributed by atoms with Crippen LogP contribution in [0.5, 0.6) is 0 Å². The molecule has 12 rings (SSSR count). The molecule has 3 aromatic heterocycles. The Balaban J connectivity index is 1.25. The van der Waals surface area contributed by atoms with Crippen LogP contribution in [-0.4, -0.2) is 8.97 Å². The molecule has 48 heavy (non-hydrogen) atoms. The van der Waals surface area contributed by atoms with E-state index in [-0.39, 0.29) is 0 Å². The molecule has 0 aliphatic heterocycles. The summed E-state index contributed by atoms with van der Waals surface area (Å²) in [7, 11) is 0. The van der Waals surface area contributed by atoms with Crippen LogP contribution >= 0.6 is 0 Å². The van der Waals surface area contributed by atoms with Gasteiger partial charge in [0.1, 0.15) is 0 Å². The van der Waals surface area contributed by atoms with Gasteiger partial charge in [-0.2, -0.15) is 0 Å². The Morgan fingerprint density at radius 1 is 0.312 bits per heavy atom. The molecule has 3 heterocycles. The van der Waals surface area contributed by atoms with E-state index in [2.05, 4.69) is 167 Å². The molecule has 220 valence electrons. The van der Waals surface area contributed by atoms with E-state index < -0.39 is 0 Å². The fourth-order valence-corrected chi connectivity index (χ4v) is 9.09. The monoisotopic (exact) mass is 606 g/mol. The maximum atomic E-state index is 2.54. The van der Waals surface area contributed by atoms with Crippen molar-refractivity contribution in [2.75, 3.05) is 0 Å². The van der Waals surface area contributed by atoms with Crippen molar-refractivity contribution in [3.63, 3.8) is 0 Å². The predicted molar refractivity (Wildman–Crippen MR) is 205 cm³/mol. The van der Waals surface area contributed by atoms with Gasteiger partial charge in [-0.3, -0.25) is 0 Å². The summed E-state index contributed by atoms with van der Waals surface area (Å²) < 4.78 is 4.93. The van der Waals surface area contributed by atoms with Crippen LogP contribution in [-0.2, 0) is 0 Å². The molecule has 0 bridgehead atoms. The molecule has 12 aromatic rings. The minimum atomic E-state index is 1.18. The van der Waals surface area contributed by atoms with Crippen LogP contribution in [0.4, 0.5) is 0 Å². The van der Waals surface area contributed by atoms with Gasteiger partial charge in [0.15, 0.2) is 0 Å². The Morgan fingerprint density at radius 2 is 0.938 bits per heavy atom. The maximum Gasteiger partial charge on any atom is 0.0627 e. The minimum Gasteiger partial charge on any atom is -0.309 e. The number of nitrogens with zero attached hydrogens (tertiary/aromatic N) is 2. The summed E-state index contributed by atoms with van der Waals surface area (Å²) in [6.45, 7) is 0. The fraction of sp³-hybridized carbons (Fsp3) is 0. The molecule has 0 aliphatic rings. The van der Waals surface area contributed by atoms with Crippen LogP contribution in [0.25, 0.3) is 109 Å². The molecule has 0 fully saturated rings. The molecule has 2 heteroatoms. The van der Waals surface area contributed by atoms with Gasteiger partial charge in [-0.15, -0.1) is 0 Å². The Morgan fingerprint density at radius 3 is 1.79 bits per heavy atom. The third-order valence-electron chi connectivity index (χ3n) is 11.0. The topological polar surface area (TPSA) is 9.34 Å². The molecule has 0 saturated heterocycles. The van der Waals surface area contributed by atoms with Gasteiger partial charge in [0.05, 0.1) is 27.6 Å². The van der Waals surface area contributed by atoms with Crippen molar-refractivity contribution < 1.29 is 0 Å². The molecule has 0 N–H and O–H groups in total. The van der Waals surface area contributed by atoms with Gasteiger partial charge < -0.3 is 8.97 Å². The highest BCUT2D eigenvalue weighted by atomic mass is 15.0. The second-order valence-corrected chi connectivity index (χ2v) is 13.2. The van der Waals surface area contributed by atoms with Crippen molar-refractivity contribution in [2.45, 2.75) is 0 Å². The van der Waals surface area contributed by atoms with E-state index in [0.717, 1.165) is 0 Å². The van der Waals surface area contributed by atoms with E-state index >= 15 is 0 Å². The average molecular weight is 607 g/mol. The quantitative estimate of drug-likeness (QED) is 0.173. The van der Waals surface area contributed by atoms with Crippen molar-refractivity contribution in [3.8, 4) is 16.8 Å². The maximum absolute atomic E-state index is 2.54. The lowest BCUT2D eigenvalue weighted by Crippen LogP contribution is -1.93. The Labute approximate surface area is 274 Å². The normalized spacial score (nSPS) is 12.6. The van der Waals surface area contributed by atoms with Gasteiger partial charge in [-0.05, 0) is 80.5 Å². The van der Waals surface area contributed by atoms with Gasteiger partial charge in [-0.25, -0.2) is 0 Å². The molecule has 0 unspecified atom stereocenters. The van der Waals surface area contributed by atoms with Crippen LogP contribution < -0.4 is 0 Å². The fourth-order valence-electron chi connectivity index (χ4n) is 9.09. The van der Waals surface area contributed by atoms with E-state index in [4.69, 9.17) is 0 Å². The first-order valence-electron chi connectivity index (χ1n) is 16.7. The third kappa shape index (κ3) is 2.91. The standard InChI is InChI=1S/C46H26N2/c1-2-11-28(12-3-1)47-39-19-8-7-15-32(39)38-25-27(21-24-41(38)47)29-17-10-18-34-37(29)26-42-45-43(34)33-16-5-4-13-30(33)35-22-23-36-31-14-6-9-20-40(31)48(42)46(36)44(35)45/h1-26H. The summed E-state index contributed by atoms with van der Waals surface area (Å²) in [5.74, 6) is 0. The van der Waals surface area contributed by atoms with E-state index in [0.29, 0.717) is 0 Å². The summed E-state index contributed by atoms with van der Waals surface area (Å²) in [5, 5.41) is 15.9. The van der Waals surface area contributed by atoms with E-state index in [1.54, 1.807) is 0 Å². The first-order chi connectivity index (χ1) is 23.8. The third-order valence-corrected chi connectivity index (χ3v) is 11.0. The van der Waals surface area contributed by atoms with Gasteiger partial charge in [-0.1, -0.05) is 115 Å². The lowest BCUT2D eigenvalue weighted by atomic mass is 9.88. The second kappa shape index (κ2) is 8.70. The summed E-state index contributed by atoms with van der Waals surface area (Å²) in [4.78, 5) is 0. The summed E-state index contributed by atoms with van der Waals surface area (Å²) in [6, 6.07) is 58.5. The van der Waals surface area contributed by atoms with Crippen LogP contribution in [0.3, 0.4) is 0 Å². The highest BCUT2D eigenvalue weighted by Gasteiger charge is 2.25. The van der Waals surface area contributed by atoms with Crippen LogP contribution in [0.1, 0.15) is 0 Å². The Hall–Kier alpha value is -6.38. The zero-order valence-corrected chi connectivity index (χ0v) is 25.9. The molecule has 0 spiro atoms. The first kappa shape index (κ1) is 24.8. The molecular formula is C46H26N2. The largest absolute Gasteiger partial charge is 0.309 e. The van der Waals surface area contributed by atoms with Crippen LogP contribution in [0, 0.1) is 0 Å². The smallest absolute Gasteiger partial charge is 0.0627 e. The van der Waals surface area contributed by atoms with E-state index in [9.17, 15) is 0 Å². The average Bonchev–Trinajstić information content (AvgIpc) is 3.79. The zero-order valence-electron chi connectivity index (χ0n) is 25.9. The number of fused-ring (bicyclic) bond motifs is 12. The van der Waals surface area contributed by atoms with Crippen molar-refractivity contribution in [1.82, 2.24) is 8.97 Å². The van der Waals surface area contributed by atoms with Crippen molar-refractivity contribution in [2.24, 2.45) is 0 Å². The summed E-state index contributed by atoms with van der Waals surface area (Å²) in [6.07, 6.45) is 0. The zero-order chi connectivity index (χ0) is 31.1. The Kier molecular flexibility index (Phi) is 4.49. The molecule has 0 aliphatic carbocycles. The van der Waals surface area contributed by atoms with Gasteiger partial charge in [0.2, 0.25) is 0 Å².